The fourth-order valence-electron chi connectivity index (χ4n) is 4.93. The summed E-state index contributed by atoms with van der Waals surface area (Å²) in [6.45, 7) is 7.31. The zero-order valence-corrected chi connectivity index (χ0v) is 19.1. The molecule has 1 fully saturated rings. The Morgan fingerprint density at radius 3 is 2.39 bits per heavy atom. The zero-order valence-electron chi connectivity index (χ0n) is 18.3. The summed E-state index contributed by atoms with van der Waals surface area (Å²) >= 11 is 0. The Balaban J connectivity index is 1.41. The standard InChI is InChI=1S/C25H29N3O2S/c1-18(2)20-7-9-21(10-8-20)31(29,30)27-15-12-25(13-16-27)24-5-4-14-28(24)23-11-6-19(3)17-22(23)26-25/h4-11,14,17-18,26H,12-13,15-16H2,1-3H3. The van der Waals surface area contributed by atoms with Crippen LogP contribution in [-0.4, -0.2) is 30.4 Å². The first kappa shape index (κ1) is 20.3. The van der Waals surface area contributed by atoms with Crippen LogP contribution in [0.25, 0.3) is 5.69 Å². The highest BCUT2D eigenvalue weighted by Crippen LogP contribution is 2.44. The van der Waals surface area contributed by atoms with Gasteiger partial charge in [0.05, 0.1) is 21.8 Å². The van der Waals surface area contributed by atoms with Crippen molar-refractivity contribution in [3.05, 3.63) is 77.6 Å². The lowest BCUT2D eigenvalue weighted by atomic mass is 9.83. The molecule has 3 heterocycles. The second kappa shape index (κ2) is 7.24. The number of nitrogens with zero attached hydrogens (tertiary/aromatic N) is 2. The van der Waals surface area contributed by atoms with E-state index in [1.165, 1.54) is 11.3 Å². The Hall–Kier alpha value is -2.57. The number of hydrogen-bond donors (Lipinski definition) is 1. The van der Waals surface area contributed by atoms with Crippen molar-refractivity contribution in [3.8, 4) is 5.69 Å². The van der Waals surface area contributed by atoms with Gasteiger partial charge in [0.25, 0.3) is 0 Å². The van der Waals surface area contributed by atoms with Gasteiger partial charge in [-0.15, -0.1) is 0 Å². The molecule has 162 valence electrons. The second-order valence-electron chi connectivity index (χ2n) is 9.12. The highest BCUT2D eigenvalue weighted by atomic mass is 32.2. The molecule has 0 aliphatic carbocycles. The molecule has 2 aliphatic heterocycles. The Morgan fingerprint density at radius 1 is 1.00 bits per heavy atom. The molecule has 1 spiro atoms. The fraction of sp³-hybridized carbons (Fsp3) is 0.360. The first-order valence-corrected chi connectivity index (χ1v) is 12.4. The highest BCUT2D eigenvalue weighted by Gasteiger charge is 2.43. The smallest absolute Gasteiger partial charge is 0.243 e. The average molecular weight is 436 g/mol. The number of aromatic nitrogens is 1. The average Bonchev–Trinajstić information content (AvgIpc) is 3.25. The number of aryl methyl sites for hydroxylation is 1. The number of rotatable bonds is 3. The van der Waals surface area contributed by atoms with E-state index >= 15 is 0 Å². The monoisotopic (exact) mass is 435 g/mol. The molecule has 0 bridgehead atoms. The number of nitrogens with one attached hydrogen (secondary N) is 1. The van der Waals surface area contributed by atoms with Crippen molar-refractivity contribution in [2.24, 2.45) is 0 Å². The molecule has 0 unspecified atom stereocenters. The summed E-state index contributed by atoms with van der Waals surface area (Å²) in [5.41, 5.74) is 5.58. The predicted molar refractivity (Wildman–Crippen MR) is 124 cm³/mol. The molecule has 1 N–H and O–H groups in total. The van der Waals surface area contributed by atoms with Crippen LogP contribution < -0.4 is 5.32 Å². The van der Waals surface area contributed by atoms with Gasteiger partial charge in [-0.25, -0.2) is 8.42 Å². The van der Waals surface area contributed by atoms with Crippen LogP contribution >= 0.6 is 0 Å². The molecule has 5 nitrogen and oxygen atoms in total. The zero-order chi connectivity index (χ0) is 21.8. The summed E-state index contributed by atoms with van der Waals surface area (Å²) in [7, 11) is -3.49. The largest absolute Gasteiger partial charge is 0.372 e. The van der Waals surface area contributed by atoms with Gasteiger partial charge < -0.3 is 9.88 Å². The van der Waals surface area contributed by atoms with Crippen molar-refractivity contribution in [2.45, 2.75) is 50.0 Å². The van der Waals surface area contributed by atoms with Gasteiger partial charge in [0.15, 0.2) is 0 Å². The van der Waals surface area contributed by atoms with E-state index in [2.05, 4.69) is 67.2 Å². The van der Waals surface area contributed by atoms with E-state index in [0.29, 0.717) is 23.9 Å². The van der Waals surface area contributed by atoms with Gasteiger partial charge in [-0.2, -0.15) is 4.31 Å². The highest BCUT2D eigenvalue weighted by molar-refractivity contribution is 7.89. The van der Waals surface area contributed by atoms with Gasteiger partial charge in [-0.1, -0.05) is 32.0 Å². The molecule has 2 aliphatic rings. The van der Waals surface area contributed by atoms with Gasteiger partial charge in [0.1, 0.15) is 0 Å². The SMILES string of the molecule is Cc1ccc2c(c1)NC1(CCN(S(=O)(=O)c3ccc(C(C)C)cc3)CC1)c1cccn1-2. The topological polar surface area (TPSA) is 54.3 Å². The fourth-order valence-corrected chi connectivity index (χ4v) is 6.37. The first-order chi connectivity index (χ1) is 14.8. The summed E-state index contributed by atoms with van der Waals surface area (Å²) < 4.78 is 30.4. The summed E-state index contributed by atoms with van der Waals surface area (Å²) in [6, 6.07) is 18.0. The number of hydrogen-bond acceptors (Lipinski definition) is 3. The van der Waals surface area contributed by atoms with Crippen LogP contribution in [0.5, 0.6) is 0 Å². The van der Waals surface area contributed by atoms with E-state index in [4.69, 9.17) is 0 Å². The van der Waals surface area contributed by atoms with Crippen LogP contribution in [0.3, 0.4) is 0 Å². The van der Waals surface area contributed by atoms with E-state index in [1.807, 2.05) is 12.1 Å². The van der Waals surface area contributed by atoms with Crippen LogP contribution in [0.15, 0.2) is 65.7 Å². The summed E-state index contributed by atoms with van der Waals surface area (Å²) in [5.74, 6) is 0.381. The number of anilines is 1. The number of sulfonamides is 1. The lowest BCUT2D eigenvalue weighted by Gasteiger charge is -2.46. The van der Waals surface area contributed by atoms with Crippen molar-refractivity contribution in [1.29, 1.82) is 0 Å². The summed E-state index contributed by atoms with van der Waals surface area (Å²) in [5, 5.41) is 3.78. The van der Waals surface area contributed by atoms with E-state index in [-0.39, 0.29) is 5.54 Å². The molecule has 0 amide bonds. The van der Waals surface area contributed by atoms with E-state index in [9.17, 15) is 8.42 Å². The molecule has 5 rings (SSSR count). The third kappa shape index (κ3) is 3.29. The molecule has 31 heavy (non-hydrogen) atoms. The third-order valence-electron chi connectivity index (χ3n) is 6.79. The lowest BCUT2D eigenvalue weighted by molar-refractivity contribution is 0.247. The van der Waals surface area contributed by atoms with Gasteiger partial charge in [0.2, 0.25) is 10.0 Å². The Labute approximate surface area is 184 Å². The van der Waals surface area contributed by atoms with Crippen molar-refractivity contribution in [2.75, 3.05) is 18.4 Å². The normalized spacial score (nSPS) is 17.9. The van der Waals surface area contributed by atoms with Crippen LogP contribution in [0.1, 0.15) is 49.4 Å². The predicted octanol–water partition coefficient (Wildman–Crippen LogP) is 5.01. The Morgan fingerprint density at radius 2 is 1.71 bits per heavy atom. The van der Waals surface area contributed by atoms with Crippen LogP contribution in [0, 0.1) is 6.92 Å². The first-order valence-electron chi connectivity index (χ1n) is 11.0. The minimum Gasteiger partial charge on any atom is -0.372 e. The van der Waals surface area contributed by atoms with Crippen molar-refractivity contribution in [1.82, 2.24) is 8.87 Å². The molecule has 1 saturated heterocycles. The maximum absolute atomic E-state index is 13.3. The minimum atomic E-state index is -3.49. The van der Waals surface area contributed by atoms with Crippen LogP contribution in [0.4, 0.5) is 5.69 Å². The molecule has 6 heteroatoms. The van der Waals surface area contributed by atoms with Crippen LogP contribution in [0.2, 0.25) is 0 Å². The van der Waals surface area contributed by atoms with Gasteiger partial charge in [-0.05, 0) is 73.2 Å². The lowest BCUT2D eigenvalue weighted by Crippen LogP contribution is -2.51. The molecule has 0 radical (unpaired) electrons. The van der Waals surface area contributed by atoms with Crippen LogP contribution in [-0.2, 0) is 15.6 Å². The second-order valence-corrected chi connectivity index (χ2v) is 11.1. The number of benzene rings is 2. The van der Waals surface area contributed by atoms with Crippen molar-refractivity contribution < 1.29 is 8.42 Å². The Kier molecular flexibility index (Phi) is 4.75. The molecule has 0 atom stereocenters. The van der Waals surface area contributed by atoms with Crippen molar-refractivity contribution in [3.63, 3.8) is 0 Å². The maximum Gasteiger partial charge on any atom is 0.243 e. The molecular formula is C25H29N3O2S. The van der Waals surface area contributed by atoms with E-state index in [0.717, 1.165) is 29.8 Å². The maximum atomic E-state index is 13.3. The number of piperidine rings is 1. The van der Waals surface area contributed by atoms with Gasteiger partial charge >= 0.3 is 0 Å². The molecule has 1 aromatic heterocycles. The number of fused-ring (bicyclic) bond motifs is 4. The van der Waals surface area contributed by atoms with Gasteiger partial charge in [0, 0.05) is 25.0 Å². The van der Waals surface area contributed by atoms with Gasteiger partial charge in [-0.3, -0.25) is 0 Å². The molecule has 2 aromatic carbocycles. The molecular weight excluding hydrogens is 406 g/mol. The molecule has 3 aromatic rings. The van der Waals surface area contributed by atoms with E-state index < -0.39 is 10.0 Å². The third-order valence-corrected chi connectivity index (χ3v) is 8.70. The van der Waals surface area contributed by atoms with Crippen molar-refractivity contribution >= 4 is 15.7 Å². The van der Waals surface area contributed by atoms with E-state index in [1.54, 1.807) is 16.4 Å². The summed E-state index contributed by atoms with van der Waals surface area (Å²) in [4.78, 5) is 0.383. The minimum absolute atomic E-state index is 0.252. The summed E-state index contributed by atoms with van der Waals surface area (Å²) in [6.07, 6.45) is 3.56. The Bertz CT molecular complexity index is 1220. The quantitative estimate of drug-likeness (QED) is 0.629. The molecule has 0 saturated carbocycles.